The maximum Gasteiger partial charge on any atom is 0.253 e. The fourth-order valence-electron chi connectivity index (χ4n) is 2.67. The van der Waals surface area contributed by atoms with E-state index in [1.165, 1.54) is 0 Å². The molecule has 0 bridgehead atoms. The Morgan fingerprint density at radius 1 is 1.26 bits per heavy atom. The van der Waals surface area contributed by atoms with E-state index in [1.54, 1.807) is 17.0 Å². The summed E-state index contributed by atoms with van der Waals surface area (Å²) in [5.41, 5.74) is 2.83. The molecule has 3 N–H and O–H groups in total. The molecule has 1 fully saturated rings. The SMILES string of the molecule is CCCCOc1ccc(C(=O)N2CCC(C(=O)NN)CC2)cc1. The van der Waals surface area contributed by atoms with Gasteiger partial charge < -0.3 is 9.64 Å². The molecule has 1 aromatic carbocycles. The third kappa shape index (κ3) is 4.69. The van der Waals surface area contributed by atoms with E-state index in [0.29, 0.717) is 38.1 Å². The first kappa shape index (κ1) is 17.3. The van der Waals surface area contributed by atoms with Crippen molar-refractivity contribution in [3.05, 3.63) is 29.8 Å². The smallest absolute Gasteiger partial charge is 0.253 e. The number of nitrogens with two attached hydrogens (primary N) is 1. The van der Waals surface area contributed by atoms with Gasteiger partial charge >= 0.3 is 0 Å². The van der Waals surface area contributed by atoms with Gasteiger partial charge in [0.15, 0.2) is 0 Å². The number of ether oxygens (including phenoxy) is 1. The molecule has 0 unspecified atom stereocenters. The lowest BCUT2D eigenvalue weighted by Gasteiger charge is -2.31. The number of hydrogen-bond acceptors (Lipinski definition) is 4. The van der Waals surface area contributed by atoms with Crippen molar-refractivity contribution in [1.29, 1.82) is 0 Å². The summed E-state index contributed by atoms with van der Waals surface area (Å²) in [4.78, 5) is 25.8. The first-order chi connectivity index (χ1) is 11.2. The van der Waals surface area contributed by atoms with Crippen LogP contribution in [-0.4, -0.2) is 36.4 Å². The van der Waals surface area contributed by atoms with Gasteiger partial charge in [-0.25, -0.2) is 5.84 Å². The van der Waals surface area contributed by atoms with Gasteiger partial charge in [-0.1, -0.05) is 13.3 Å². The highest BCUT2D eigenvalue weighted by molar-refractivity contribution is 5.94. The molecule has 0 spiro atoms. The first-order valence-electron chi connectivity index (χ1n) is 8.18. The highest BCUT2D eigenvalue weighted by Crippen LogP contribution is 2.20. The van der Waals surface area contributed by atoms with Crippen molar-refractivity contribution in [1.82, 2.24) is 10.3 Å². The van der Waals surface area contributed by atoms with Crippen LogP contribution < -0.4 is 16.0 Å². The summed E-state index contributed by atoms with van der Waals surface area (Å²) in [6.07, 6.45) is 3.40. The average molecular weight is 319 g/mol. The maximum atomic E-state index is 12.5. The Morgan fingerprint density at radius 2 is 1.91 bits per heavy atom. The molecule has 0 atom stereocenters. The Labute approximate surface area is 136 Å². The number of likely N-dealkylation sites (tertiary alicyclic amines) is 1. The minimum Gasteiger partial charge on any atom is -0.494 e. The first-order valence-corrected chi connectivity index (χ1v) is 8.18. The average Bonchev–Trinajstić information content (AvgIpc) is 2.61. The van der Waals surface area contributed by atoms with Gasteiger partial charge in [-0.05, 0) is 43.5 Å². The maximum absolute atomic E-state index is 12.5. The molecule has 2 rings (SSSR count). The third-order valence-electron chi connectivity index (χ3n) is 4.16. The number of hydrogen-bond donors (Lipinski definition) is 2. The van der Waals surface area contributed by atoms with Gasteiger partial charge in [0.05, 0.1) is 6.61 Å². The van der Waals surface area contributed by atoms with E-state index in [-0.39, 0.29) is 17.7 Å². The summed E-state index contributed by atoms with van der Waals surface area (Å²) in [5.74, 6) is 5.69. The summed E-state index contributed by atoms with van der Waals surface area (Å²) < 4.78 is 5.60. The third-order valence-corrected chi connectivity index (χ3v) is 4.16. The van der Waals surface area contributed by atoms with Crippen LogP contribution in [0.1, 0.15) is 43.0 Å². The van der Waals surface area contributed by atoms with Gasteiger partial charge in [-0.15, -0.1) is 0 Å². The number of unbranched alkanes of at least 4 members (excludes halogenated alkanes) is 1. The van der Waals surface area contributed by atoms with Gasteiger partial charge in [0.2, 0.25) is 5.91 Å². The van der Waals surface area contributed by atoms with Gasteiger partial charge in [-0.3, -0.25) is 15.0 Å². The van der Waals surface area contributed by atoms with Crippen LogP contribution in [0.3, 0.4) is 0 Å². The van der Waals surface area contributed by atoms with E-state index >= 15 is 0 Å². The Bertz CT molecular complexity index is 522. The lowest BCUT2D eigenvalue weighted by atomic mass is 9.95. The molecular formula is C17H25N3O3. The second kappa shape index (κ2) is 8.53. The van der Waals surface area contributed by atoms with Crippen molar-refractivity contribution < 1.29 is 14.3 Å². The highest BCUT2D eigenvalue weighted by Gasteiger charge is 2.27. The van der Waals surface area contributed by atoms with Crippen LogP contribution in [-0.2, 0) is 4.79 Å². The second-order valence-electron chi connectivity index (χ2n) is 5.80. The topological polar surface area (TPSA) is 84.7 Å². The molecule has 126 valence electrons. The molecule has 23 heavy (non-hydrogen) atoms. The van der Waals surface area contributed by atoms with Crippen molar-refractivity contribution in [2.24, 2.45) is 11.8 Å². The molecule has 6 nitrogen and oxygen atoms in total. The minimum atomic E-state index is -0.148. The molecule has 6 heteroatoms. The van der Waals surface area contributed by atoms with Crippen LogP contribution >= 0.6 is 0 Å². The summed E-state index contributed by atoms with van der Waals surface area (Å²) in [5, 5.41) is 0. The molecule has 2 amide bonds. The van der Waals surface area contributed by atoms with Gasteiger partial charge in [0.25, 0.3) is 5.91 Å². The molecule has 1 heterocycles. The van der Waals surface area contributed by atoms with Crippen molar-refractivity contribution in [3.63, 3.8) is 0 Å². The summed E-state index contributed by atoms with van der Waals surface area (Å²) in [6, 6.07) is 7.25. The van der Waals surface area contributed by atoms with E-state index in [2.05, 4.69) is 12.3 Å². The number of nitrogens with zero attached hydrogens (tertiary/aromatic N) is 1. The summed E-state index contributed by atoms with van der Waals surface area (Å²) in [6.45, 7) is 3.96. The van der Waals surface area contributed by atoms with Gasteiger partial charge in [-0.2, -0.15) is 0 Å². The molecular weight excluding hydrogens is 294 g/mol. The Kier molecular flexibility index (Phi) is 6.40. The summed E-state index contributed by atoms with van der Waals surface area (Å²) >= 11 is 0. The molecule has 1 aliphatic heterocycles. The number of piperidine rings is 1. The van der Waals surface area contributed by atoms with Crippen LogP contribution in [0, 0.1) is 5.92 Å². The Hall–Kier alpha value is -2.08. The van der Waals surface area contributed by atoms with Crippen molar-refractivity contribution in [2.45, 2.75) is 32.6 Å². The van der Waals surface area contributed by atoms with Gasteiger partial charge in [0, 0.05) is 24.6 Å². The summed E-state index contributed by atoms with van der Waals surface area (Å²) in [7, 11) is 0. The van der Waals surface area contributed by atoms with E-state index in [9.17, 15) is 9.59 Å². The zero-order chi connectivity index (χ0) is 16.7. The zero-order valence-corrected chi connectivity index (χ0v) is 13.6. The normalized spacial score (nSPS) is 15.3. The molecule has 1 aliphatic rings. The highest BCUT2D eigenvalue weighted by atomic mass is 16.5. The number of carbonyl (C=O) groups is 2. The van der Waals surface area contributed by atoms with E-state index in [0.717, 1.165) is 18.6 Å². The predicted octanol–water partition coefficient (Wildman–Crippen LogP) is 1.71. The number of carbonyl (C=O) groups excluding carboxylic acids is 2. The minimum absolute atomic E-state index is 0.00304. The lowest BCUT2D eigenvalue weighted by molar-refractivity contribution is -0.126. The molecule has 0 aliphatic carbocycles. The largest absolute Gasteiger partial charge is 0.494 e. The number of hydrazine groups is 1. The number of amides is 2. The van der Waals surface area contributed by atoms with Crippen LogP contribution in [0.5, 0.6) is 5.75 Å². The fourth-order valence-corrected chi connectivity index (χ4v) is 2.67. The van der Waals surface area contributed by atoms with E-state index in [1.807, 2.05) is 12.1 Å². The standard InChI is InChI=1S/C17H25N3O3/c1-2-3-12-23-15-6-4-14(5-7-15)17(22)20-10-8-13(9-11-20)16(21)19-18/h4-7,13H,2-3,8-12,18H2,1H3,(H,19,21). The quantitative estimate of drug-likeness (QED) is 0.362. The van der Waals surface area contributed by atoms with Crippen molar-refractivity contribution in [2.75, 3.05) is 19.7 Å². The van der Waals surface area contributed by atoms with Crippen LogP contribution in [0.15, 0.2) is 24.3 Å². The predicted molar refractivity (Wildman–Crippen MR) is 87.8 cm³/mol. The number of nitrogens with one attached hydrogen (secondary N) is 1. The fraction of sp³-hybridized carbons (Fsp3) is 0.529. The van der Waals surface area contributed by atoms with Crippen molar-refractivity contribution >= 4 is 11.8 Å². The van der Waals surface area contributed by atoms with E-state index < -0.39 is 0 Å². The zero-order valence-electron chi connectivity index (χ0n) is 13.6. The van der Waals surface area contributed by atoms with Crippen LogP contribution in [0.4, 0.5) is 0 Å². The Morgan fingerprint density at radius 3 is 2.48 bits per heavy atom. The second-order valence-corrected chi connectivity index (χ2v) is 5.80. The Balaban J connectivity index is 1.87. The number of rotatable bonds is 6. The van der Waals surface area contributed by atoms with Crippen LogP contribution in [0.2, 0.25) is 0 Å². The van der Waals surface area contributed by atoms with Crippen LogP contribution in [0.25, 0.3) is 0 Å². The van der Waals surface area contributed by atoms with E-state index in [4.69, 9.17) is 10.6 Å². The molecule has 0 radical (unpaired) electrons. The molecule has 1 aromatic rings. The molecule has 0 saturated carbocycles. The molecule has 1 saturated heterocycles. The number of benzene rings is 1. The molecule has 0 aromatic heterocycles. The van der Waals surface area contributed by atoms with Gasteiger partial charge in [0.1, 0.15) is 5.75 Å². The lowest BCUT2D eigenvalue weighted by Crippen LogP contribution is -2.44. The monoisotopic (exact) mass is 319 g/mol. The van der Waals surface area contributed by atoms with Crippen molar-refractivity contribution in [3.8, 4) is 5.75 Å².